The Morgan fingerprint density at radius 3 is 2.36 bits per heavy atom. The highest BCUT2D eigenvalue weighted by molar-refractivity contribution is 5.59. The van der Waals surface area contributed by atoms with Crippen molar-refractivity contribution in [1.82, 2.24) is 0 Å². The lowest BCUT2D eigenvalue weighted by Gasteiger charge is -2.21. The average molecular weight is 189 g/mol. The first-order valence-corrected chi connectivity index (χ1v) is 5.21. The summed E-state index contributed by atoms with van der Waals surface area (Å²) in [7, 11) is 0. The van der Waals surface area contributed by atoms with Crippen molar-refractivity contribution < 1.29 is 0 Å². The van der Waals surface area contributed by atoms with Crippen LogP contribution in [0.25, 0.3) is 6.08 Å². The second kappa shape index (κ2) is 4.85. The van der Waals surface area contributed by atoms with Gasteiger partial charge in [-0.1, -0.05) is 18.7 Å². The van der Waals surface area contributed by atoms with Gasteiger partial charge in [0, 0.05) is 18.8 Å². The summed E-state index contributed by atoms with van der Waals surface area (Å²) in [5.74, 6) is 0. The predicted molar refractivity (Wildman–Crippen MR) is 64.8 cm³/mol. The predicted octanol–water partition coefficient (Wildman–Crippen LogP) is 3.48. The molecular formula is C13H19N. The van der Waals surface area contributed by atoms with Gasteiger partial charge in [-0.05, 0) is 44.0 Å². The molecule has 0 atom stereocenters. The van der Waals surface area contributed by atoms with E-state index in [1.165, 1.54) is 16.8 Å². The van der Waals surface area contributed by atoms with E-state index in [9.17, 15) is 0 Å². The van der Waals surface area contributed by atoms with Crippen molar-refractivity contribution in [2.24, 2.45) is 0 Å². The zero-order valence-electron chi connectivity index (χ0n) is 9.38. The maximum absolute atomic E-state index is 3.79. The number of hydrogen-bond donors (Lipinski definition) is 0. The summed E-state index contributed by atoms with van der Waals surface area (Å²) in [5.41, 5.74) is 3.82. The van der Waals surface area contributed by atoms with E-state index in [4.69, 9.17) is 0 Å². The van der Waals surface area contributed by atoms with E-state index in [1.807, 2.05) is 6.08 Å². The third-order valence-electron chi connectivity index (χ3n) is 2.60. The minimum Gasteiger partial charge on any atom is -0.372 e. The summed E-state index contributed by atoms with van der Waals surface area (Å²) >= 11 is 0. The van der Waals surface area contributed by atoms with Crippen LogP contribution in [0.4, 0.5) is 5.69 Å². The number of nitrogens with zero attached hydrogens (tertiary/aromatic N) is 1. The normalized spacial score (nSPS) is 9.93. The van der Waals surface area contributed by atoms with Crippen LogP contribution >= 0.6 is 0 Å². The third kappa shape index (κ3) is 2.16. The summed E-state index contributed by atoms with van der Waals surface area (Å²) in [6.45, 7) is 12.4. The molecule has 0 aliphatic rings. The van der Waals surface area contributed by atoms with Crippen molar-refractivity contribution in [3.05, 3.63) is 35.9 Å². The molecule has 1 aromatic rings. The number of benzene rings is 1. The smallest absolute Gasteiger partial charge is 0.0369 e. The van der Waals surface area contributed by atoms with Gasteiger partial charge >= 0.3 is 0 Å². The Balaban J connectivity index is 3.00. The van der Waals surface area contributed by atoms with Gasteiger partial charge in [0.05, 0.1) is 0 Å². The number of aryl methyl sites for hydroxylation is 1. The Hall–Kier alpha value is -1.24. The van der Waals surface area contributed by atoms with Crippen LogP contribution in [0.15, 0.2) is 24.8 Å². The second-order valence-corrected chi connectivity index (χ2v) is 3.42. The van der Waals surface area contributed by atoms with E-state index >= 15 is 0 Å². The van der Waals surface area contributed by atoms with E-state index in [0.29, 0.717) is 0 Å². The van der Waals surface area contributed by atoms with Gasteiger partial charge in [-0.15, -0.1) is 0 Å². The average Bonchev–Trinajstić information content (AvgIpc) is 2.20. The molecule has 1 aromatic carbocycles. The fraction of sp³-hybridized carbons (Fsp3) is 0.385. The highest BCUT2D eigenvalue weighted by Gasteiger charge is 2.02. The standard InChI is InChI=1S/C13H19N/c1-5-12-8-9-13(10-11(12)4)14(6-2)7-3/h5,8-10H,1,6-7H2,2-4H3. The zero-order chi connectivity index (χ0) is 10.6. The number of hydrogen-bond acceptors (Lipinski definition) is 1. The molecular weight excluding hydrogens is 170 g/mol. The molecule has 14 heavy (non-hydrogen) atoms. The SMILES string of the molecule is C=Cc1ccc(N(CC)CC)cc1C. The van der Waals surface area contributed by atoms with Gasteiger partial charge in [0.25, 0.3) is 0 Å². The van der Waals surface area contributed by atoms with Gasteiger partial charge in [0.2, 0.25) is 0 Å². The van der Waals surface area contributed by atoms with Crippen LogP contribution < -0.4 is 4.90 Å². The van der Waals surface area contributed by atoms with Gasteiger partial charge in [-0.25, -0.2) is 0 Å². The zero-order valence-corrected chi connectivity index (χ0v) is 9.38. The van der Waals surface area contributed by atoms with Crippen molar-refractivity contribution in [2.45, 2.75) is 20.8 Å². The van der Waals surface area contributed by atoms with Crippen LogP contribution in [0, 0.1) is 6.92 Å². The lowest BCUT2D eigenvalue weighted by molar-refractivity contribution is 0.865. The van der Waals surface area contributed by atoms with Crippen molar-refractivity contribution in [3.8, 4) is 0 Å². The Kier molecular flexibility index (Phi) is 3.75. The van der Waals surface area contributed by atoms with E-state index < -0.39 is 0 Å². The largest absolute Gasteiger partial charge is 0.372 e. The first kappa shape index (κ1) is 10.8. The van der Waals surface area contributed by atoms with Gasteiger partial charge in [0.1, 0.15) is 0 Å². The van der Waals surface area contributed by atoms with Crippen LogP contribution in [-0.2, 0) is 0 Å². The molecule has 0 aliphatic carbocycles. The molecule has 0 radical (unpaired) electrons. The summed E-state index contributed by atoms with van der Waals surface area (Å²) in [6.07, 6.45) is 1.90. The molecule has 0 saturated carbocycles. The summed E-state index contributed by atoms with van der Waals surface area (Å²) in [4.78, 5) is 2.35. The first-order valence-electron chi connectivity index (χ1n) is 5.21. The Labute approximate surface area is 87.1 Å². The molecule has 0 bridgehead atoms. The Morgan fingerprint density at radius 1 is 1.29 bits per heavy atom. The first-order chi connectivity index (χ1) is 6.72. The molecule has 0 aromatic heterocycles. The summed E-state index contributed by atoms with van der Waals surface area (Å²) in [5, 5.41) is 0. The number of anilines is 1. The molecule has 1 rings (SSSR count). The summed E-state index contributed by atoms with van der Waals surface area (Å²) in [6, 6.07) is 6.52. The van der Waals surface area contributed by atoms with Gasteiger partial charge in [0.15, 0.2) is 0 Å². The topological polar surface area (TPSA) is 3.24 Å². The lowest BCUT2D eigenvalue weighted by atomic mass is 10.1. The van der Waals surface area contributed by atoms with Crippen LogP contribution in [0.5, 0.6) is 0 Å². The Bertz CT molecular complexity index is 311. The molecule has 0 amide bonds. The van der Waals surface area contributed by atoms with Crippen LogP contribution in [0.1, 0.15) is 25.0 Å². The van der Waals surface area contributed by atoms with Crippen LogP contribution in [0.3, 0.4) is 0 Å². The molecule has 0 aliphatic heterocycles. The molecule has 0 heterocycles. The van der Waals surface area contributed by atoms with Crippen molar-refractivity contribution in [2.75, 3.05) is 18.0 Å². The maximum Gasteiger partial charge on any atom is 0.0369 e. The minimum absolute atomic E-state index is 1.06. The molecule has 0 saturated heterocycles. The van der Waals surface area contributed by atoms with Crippen LogP contribution in [-0.4, -0.2) is 13.1 Å². The molecule has 0 fully saturated rings. The van der Waals surface area contributed by atoms with E-state index in [1.54, 1.807) is 0 Å². The third-order valence-corrected chi connectivity index (χ3v) is 2.60. The fourth-order valence-corrected chi connectivity index (χ4v) is 1.67. The van der Waals surface area contributed by atoms with Gasteiger partial charge < -0.3 is 4.90 Å². The molecule has 0 unspecified atom stereocenters. The highest BCUT2D eigenvalue weighted by atomic mass is 15.1. The van der Waals surface area contributed by atoms with Crippen molar-refractivity contribution in [1.29, 1.82) is 0 Å². The molecule has 76 valence electrons. The van der Waals surface area contributed by atoms with Crippen molar-refractivity contribution >= 4 is 11.8 Å². The number of rotatable bonds is 4. The second-order valence-electron chi connectivity index (χ2n) is 3.42. The van der Waals surface area contributed by atoms with Crippen molar-refractivity contribution in [3.63, 3.8) is 0 Å². The lowest BCUT2D eigenvalue weighted by Crippen LogP contribution is -2.21. The maximum atomic E-state index is 3.79. The van der Waals surface area contributed by atoms with E-state index in [2.05, 4.69) is 50.4 Å². The highest BCUT2D eigenvalue weighted by Crippen LogP contribution is 2.19. The molecule has 1 heteroatoms. The quantitative estimate of drug-likeness (QED) is 0.701. The van der Waals surface area contributed by atoms with Gasteiger partial charge in [-0.3, -0.25) is 0 Å². The monoisotopic (exact) mass is 189 g/mol. The Morgan fingerprint density at radius 2 is 1.93 bits per heavy atom. The van der Waals surface area contributed by atoms with Crippen LogP contribution in [0.2, 0.25) is 0 Å². The molecule has 0 N–H and O–H groups in total. The fourth-order valence-electron chi connectivity index (χ4n) is 1.67. The molecule has 1 nitrogen and oxygen atoms in total. The van der Waals surface area contributed by atoms with E-state index in [0.717, 1.165) is 13.1 Å². The minimum atomic E-state index is 1.06. The summed E-state index contributed by atoms with van der Waals surface area (Å²) < 4.78 is 0. The van der Waals surface area contributed by atoms with E-state index in [-0.39, 0.29) is 0 Å². The van der Waals surface area contributed by atoms with Gasteiger partial charge in [-0.2, -0.15) is 0 Å². The molecule has 0 spiro atoms.